The van der Waals surface area contributed by atoms with Crippen molar-refractivity contribution < 1.29 is 26.7 Å². The zero-order valence-corrected chi connectivity index (χ0v) is 19.6. The highest BCUT2D eigenvalue weighted by atomic mass is 32.2. The number of methoxy groups -OCH3 is 1. The molecule has 1 atom stereocenters. The minimum absolute atomic E-state index is 0.181. The molecule has 2 N–H and O–H groups in total. The van der Waals surface area contributed by atoms with E-state index < -0.39 is 25.0 Å². The van der Waals surface area contributed by atoms with Crippen molar-refractivity contribution in [2.24, 2.45) is 5.73 Å². The van der Waals surface area contributed by atoms with Crippen LogP contribution in [-0.2, 0) is 20.6 Å². The topological polar surface area (TPSA) is 119 Å². The van der Waals surface area contributed by atoms with Gasteiger partial charge in [-0.25, -0.2) is 26.9 Å². The highest BCUT2D eigenvalue weighted by Gasteiger charge is 2.30. The van der Waals surface area contributed by atoms with E-state index >= 15 is 0 Å². The van der Waals surface area contributed by atoms with Gasteiger partial charge in [-0.3, -0.25) is 4.57 Å². The molecule has 160 valence electrons. The maximum atomic E-state index is 12.1. The summed E-state index contributed by atoms with van der Waals surface area (Å²) in [6.45, 7) is 7.64. The van der Waals surface area contributed by atoms with Gasteiger partial charge in [0, 0.05) is 0 Å². The molecule has 26 heavy (non-hydrogen) atoms. The third-order valence-electron chi connectivity index (χ3n) is 3.81. The lowest BCUT2D eigenvalue weighted by Gasteiger charge is -2.35. The normalized spacial score (nSPS) is 12.8. The molecule has 0 aliphatic rings. The molecule has 0 aromatic rings. The van der Waals surface area contributed by atoms with Gasteiger partial charge in [-0.1, -0.05) is 0 Å². The molecule has 0 radical (unpaired) electrons. The van der Waals surface area contributed by atoms with E-state index in [9.17, 15) is 18.1 Å². The average molecular weight is 420 g/mol. The number of ether oxygens (including phenoxy) is 1. The minimum atomic E-state index is -2.44. The van der Waals surface area contributed by atoms with Crippen LogP contribution in [0.25, 0.3) is 0 Å². The third-order valence-corrected chi connectivity index (χ3v) is 8.34. The van der Waals surface area contributed by atoms with Gasteiger partial charge in [0.2, 0.25) is 0 Å². The number of rotatable bonds is 7. The van der Waals surface area contributed by atoms with E-state index in [4.69, 9.17) is 0 Å². The van der Waals surface area contributed by atoms with Gasteiger partial charge in [0.1, 0.15) is 11.3 Å². The summed E-state index contributed by atoms with van der Waals surface area (Å²) in [5.41, 5.74) is 4.43. The number of amides is 1. The van der Waals surface area contributed by atoms with Crippen molar-refractivity contribution in [1.82, 2.24) is 14.0 Å². The van der Waals surface area contributed by atoms with E-state index in [1.54, 1.807) is 14.0 Å². The van der Waals surface area contributed by atoms with Crippen molar-refractivity contribution in [3.05, 3.63) is 0 Å². The highest BCUT2D eigenvalue weighted by molar-refractivity contribution is 7.73. The summed E-state index contributed by atoms with van der Waals surface area (Å²) in [5.74, 6) is 0. The second-order valence-electron chi connectivity index (χ2n) is 5.80. The van der Waals surface area contributed by atoms with Crippen LogP contribution in [0, 0.1) is 0 Å². The largest absolute Gasteiger partial charge is 0.724 e. The van der Waals surface area contributed by atoms with Crippen LogP contribution in [0.5, 0.6) is 0 Å². The Morgan fingerprint density at radius 1 is 1.00 bits per heavy atom. The first kappa shape index (κ1) is 30.2. The molecule has 1 unspecified atom stereocenters. The summed E-state index contributed by atoms with van der Waals surface area (Å²) >= 11 is -1.97. The first-order valence-electron chi connectivity index (χ1n) is 8.16. The van der Waals surface area contributed by atoms with Crippen LogP contribution in [0.1, 0.15) is 20.8 Å². The molecule has 0 rings (SSSR count). The van der Waals surface area contributed by atoms with E-state index in [-0.39, 0.29) is 3.89 Å². The summed E-state index contributed by atoms with van der Waals surface area (Å²) in [6.07, 6.45) is -0.745. The van der Waals surface area contributed by atoms with E-state index in [2.05, 4.69) is 10.5 Å². The van der Waals surface area contributed by atoms with Crippen LogP contribution in [0.15, 0.2) is 0 Å². The van der Waals surface area contributed by atoms with Crippen molar-refractivity contribution >= 4 is 25.0 Å². The molecular weight excluding hydrogens is 381 g/mol. The van der Waals surface area contributed by atoms with Crippen molar-refractivity contribution in [2.45, 2.75) is 20.8 Å². The molecule has 10 nitrogen and oxygen atoms in total. The SMILES string of the molecule is CC[N+](CC)(CC)S(=O)[O-].CN(C)P(=O)(N(C)C)N(C)C.COC(N)=O. The monoisotopic (exact) mass is 419 g/mol. The van der Waals surface area contributed by atoms with Crippen LogP contribution in [0.2, 0.25) is 0 Å². The van der Waals surface area contributed by atoms with Crippen LogP contribution < -0.4 is 5.73 Å². The molecule has 0 aromatic carbocycles. The second kappa shape index (κ2) is 14.5. The number of primary amides is 1. The molecule has 0 bridgehead atoms. The number of carbonyl (C=O) groups excluding carboxylic acids is 1. The van der Waals surface area contributed by atoms with Gasteiger partial charge >= 0.3 is 6.09 Å². The van der Waals surface area contributed by atoms with Gasteiger partial charge in [0.25, 0.3) is 7.59 Å². The van der Waals surface area contributed by atoms with Crippen molar-refractivity contribution in [1.29, 1.82) is 0 Å². The first-order chi connectivity index (χ1) is 11.7. The van der Waals surface area contributed by atoms with E-state index in [0.29, 0.717) is 19.6 Å². The Bertz CT molecular complexity index is 422. The number of nitrogens with zero attached hydrogens (tertiary/aromatic N) is 4. The standard InChI is InChI=1S/C6H18N3OP.C6H15NO2S.C2H5NO2/c1-7(2)11(10,8(3)4)9(5)6;1-4-7(5-2,6-3)10(8)9;1-5-2(3)4/h1-6H3;4-6H2,1-3H3;1H3,(H2,3,4). The fourth-order valence-corrected chi connectivity index (χ4v) is 4.84. The number of carbonyl (C=O) groups is 1. The quantitative estimate of drug-likeness (QED) is 0.371. The Hall–Kier alpha value is -0.550. The van der Waals surface area contributed by atoms with Crippen LogP contribution in [-0.4, -0.2) is 102 Å². The van der Waals surface area contributed by atoms with Crippen molar-refractivity contribution in [3.63, 3.8) is 0 Å². The molecule has 0 fully saturated rings. The lowest BCUT2D eigenvalue weighted by molar-refractivity contribution is -0.800. The van der Waals surface area contributed by atoms with Gasteiger partial charge in [-0.05, 0) is 63.1 Å². The summed E-state index contributed by atoms with van der Waals surface area (Å²) in [7, 11) is 9.71. The molecule has 0 saturated carbocycles. The van der Waals surface area contributed by atoms with Crippen molar-refractivity contribution in [2.75, 3.05) is 69.0 Å². The highest BCUT2D eigenvalue weighted by Crippen LogP contribution is 2.50. The Kier molecular flexibility index (Phi) is 16.8. The summed E-state index contributed by atoms with van der Waals surface area (Å²) in [5, 5.41) is 0. The Morgan fingerprint density at radius 3 is 1.23 bits per heavy atom. The number of hydrogen-bond acceptors (Lipinski definition) is 5. The second-order valence-corrected chi connectivity index (χ2v) is 10.4. The van der Waals surface area contributed by atoms with Crippen molar-refractivity contribution in [3.8, 4) is 0 Å². The molecule has 0 aliphatic heterocycles. The molecule has 0 aliphatic carbocycles. The van der Waals surface area contributed by atoms with E-state index in [1.165, 1.54) is 7.11 Å². The molecule has 0 spiro atoms. The number of nitrogens with two attached hydrogens (primary N) is 1. The summed E-state index contributed by atoms with van der Waals surface area (Å²) in [4.78, 5) is 9.37. The summed E-state index contributed by atoms with van der Waals surface area (Å²) in [6, 6.07) is 0. The predicted molar refractivity (Wildman–Crippen MR) is 106 cm³/mol. The first-order valence-corrected chi connectivity index (χ1v) is 10.8. The molecule has 0 saturated heterocycles. The van der Waals surface area contributed by atoms with Gasteiger partial charge in [-0.15, -0.1) is 0 Å². The predicted octanol–water partition coefficient (Wildman–Crippen LogP) is 1.15. The fraction of sp³-hybridized carbons (Fsp3) is 0.929. The number of hydrogen-bond donors (Lipinski definition) is 1. The fourth-order valence-electron chi connectivity index (χ4n) is 2.06. The van der Waals surface area contributed by atoms with Gasteiger partial charge in [0.15, 0.2) is 0 Å². The maximum Gasteiger partial charge on any atom is 0.404 e. The molecular formula is C14H38N5O5PS. The Labute approximate surface area is 161 Å². The summed E-state index contributed by atoms with van der Waals surface area (Å²) < 4.78 is 42.8. The zero-order valence-electron chi connectivity index (χ0n) is 17.9. The Balaban J connectivity index is -0.000000327. The molecule has 12 heteroatoms. The molecule has 1 amide bonds. The number of quaternary nitrogens is 1. The van der Waals surface area contributed by atoms with Gasteiger partial charge in [0.05, 0.1) is 26.7 Å². The zero-order chi connectivity index (χ0) is 21.7. The maximum absolute atomic E-state index is 12.1. The van der Waals surface area contributed by atoms with Crippen LogP contribution in [0.4, 0.5) is 4.79 Å². The Morgan fingerprint density at radius 2 is 1.23 bits per heavy atom. The van der Waals surface area contributed by atoms with Crippen LogP contribution in [0.3, 0.4) is 0 Å². The average Bonchev–Trinajstić information content (AvgIpc) is 2.56. The lowest BCUT2D eigenvalue weighted by atomic mass is 10.5. The van der Waals surface area contributed by atoms with E-state index in [0.717, 1.165) is 0 Å². The van der Waals surface area contributed by atoms with Gasteiger partial charge < -0.3 is 15.0 Å². The van der Waals surface area contributed by atoms with Crippen LogP contribution >= 0.6 is 7.59 Å². The van der Waals surface area contributed by atoms with Gasteiger partial charge in [-0.2, -0.15) is 0 Å². The third kappa shape index (κ3) is 9.96. The molecule has 0 heterocycles. The molecule has 0 aromatic heterocycles. The van der Waals surface area contributed by atoms with E-state index in [1.807, 2.05) is 63.1 Å². The smallest absolute Gasteiger partial charge is 0.404 e. The minimum Gasteiger partial charge on any atom is -0.724 e. The lowest BCUT2D eigenvalue weighted by Crippen LogP contribution is -2.48.